The Hall–Kier alpha value is -1.78. The van der Waals surface area contributed by atoms with Crippen LogP contribution in [0.3, 0.4) is 0 Å². The van der Waals surface area contributed by atoms with Gasteiger partial charge >= 0.3 is 6.09 Å². The van der Waals surface area contributed by atoms with Crippen LogP contribution in [0.4, 0.5) is 10.5 Å². The molecule has 2 unspecified atom stereocenters. The molecule has 1 aliphatic rings. The van der Waals surface area contributed by atoms with Crippen molar-refractivity contribution >= 4 is 11.8 Å². The smallest absolute Gasteiger partial charge is 0.407 e. The van der Waals surface area contributed by atoms with E-state index in [0.717, 1.165) is 24.2 Å². The fourth-order valence-corrected chi connectivity index (χ4v) is 3.01. The number of nitrogens with zero attached hydrogens (tertiary/aromatic N) is 1. The van der Waals surface area contributed by atoms with Gasteiger partial charge in [0.1, 0.15) is 5.60 Å². The van der Waals surface area contributed by atoms with Crippen molar-refractivity contribution in [3.8, 4) is 0 Å². The summed E-state index contributed by atoms with van der Waals surface area (Å²) in [5.41, 5.74) is 1.64. The zero-order valence-electron chi connectivity index (χ0n) is 14.7. The molecule has 1 amide bonds. The largest absolute Gasteiger partial charge is 0.444 e. The molecule has 1 saturated carbocycles. The second-order valence-corrected chi connectivity index (χ2v) is 7.31. The second-order valence-electron chi connectivity index (χ2n) is 7.31. The number of carbonyl (C=O) groups is 1. The first-order valence-electron chi connectivity index (χ1n) is 8.50. The van der Waals surface area contributed by atoms with Gasteiger partial charge in [-0.15, -0.1) is 0 Å². The number of hydrogen-bond donors (Lipinski definition) is 2. The molecule has 2 atom stereocenters. The average molecular weight is 319 g/mol. The number of anilines is 1. The van der Waals surface area contributed by atoms with Crippen LogP contribution in [0.5, 0.6) is 0 Å². The SMILES string of the molecule is Cc1ncccc1NC1CCCCC1CNC(=O)OC(C)(C)C. The van der Waals surface area contributed by atoms with E-state index in [9.17, 15) is 4.79 Å². The third-order valence-corrected chi connectivity index (χ3v) is 4.16. The van der Waals surface area contributed by atoms with Gasteiger partial charge in [-0.1, -0.05) is 12.8 Å². The van der Waals surface area contributed by atoms with E-state index < -0.39 is 5.60 Å². The summed E-state index contributed by atoms with van der Waals surface area (Å²) in [6, 6.07) is 4.38. The number of amides is 1. The van der Waals surface area contributed by atoms with E-state index in [1.54, 1.807) is 0 Å². The monoisotopic (exact) mass is 319 g/mol. The Labute approximate surface area is 139 Å². The van der Waals surface area contributed by atoms with Crippen LogP contribution in [0.1, 0.15) is 52.1 Å². The Morgan fingerprint density at radius 3 is 2.78 bits per heavy atom. The van der Waals surface area contributed by atoms with Crippen molar-refractivity contribution in [1.82, 2.24) is 10.3 Å². The van der Waals surface area contributed by atoms with Gasteiger partial charge in [-0.25, -0.2) is 4.79 Å². The first-order chi connectivity index (χ1) is 10.8. The number of alkyl carbamates (subject to hydrolysis) is 1. The summed E-state index contributed by atoms with van der Waals surface area (Å²) in [5, 5.41) is 6.54. The van der Waals surface area contributed by atoms with Gasteiger partial charge in [0.25, 0.3) is 0 Å². The van der Waals surface area contributed by atoms with Crippen molar-refractivity contribution in [2.24, 2.45) is 5.92 Å². The fraction of sp³-hybridized carbons (Fsp3) is 0.667. The Kier molecular flexibility index (Phi) is 5.85. The van der Waals surface area contributed by atoms with Crippen LogP contribution in [-0.2, 0) is 4.74 Å². The lowest BCUT2D eigenvalue weighted by Gasteiger charge is -2.33. The Bertz CT molecular complexity index is 525. The molecule has 0 spiro atoms. The molecule has 0 radical (unpaired) electrons. The third-order valence-electron chi connectivity index (χ3n) is 4.16. The van der Waals surface area contributed by atoms with Crippen molar-refractivity contribution in [1.29, 1.82) is 0 Å². The number of nitrogens with one attached hydrogen (secondary N) is 2. The molecule has 5 nitrogen and oxygen atoms in total. The second kappa shape index (κ2) is 7.66. The average Bonchev–Trinajstić information content (AvgIpc) is 2.47. The van der Waals surface area contributed by atoms with E-state index in [2.05, 4.69) is 21.7 Å². The summed E-state index contributed by atoms with van der Waals surface area (Å²) in [6.45, 7) is 8.29. The third kappa shape index (κ3) is 5.73. The molecule has 23 heavy (non-hydrogen) atoms. The Morgan fingerprint density at radius 1 is 1.35 bits per heavy atom. The minimum absolute atomic E-state index is 0.334. The van der Waals surface area contributed by atoms with Crippen LogP contribution in [-0.4, -0.2) is 29.3 Å². The van der Waals surface area contributed by atoms with Crippen LogP contribution in [0, 0.1) is 12.8 Å². The van der Waals surface area contributed by atoms with E-state index >= 15 is 0 Å². The lowest BCUT2D eigenvalue weighted by Crippen LogP contribution is -2.42. The molecular formula is C18H29N3O2. The number of pyridine rings is 1. The van der Waals surface area contributed by atoms with Crippen LogP contribution in [0.15, 0.2) is 18.3 Å². The summed E-state index contributed by atoms with van der Waals surface area (Å²) in [6.07, 6.45) is 6.15. The molecule has 0 aliphatic heterocycles. The molecule has 1 aliphatic carbocycles. The van der Waals surface area contributed by atoms with Crippen molar-refractivity contribution < 1.29 is 9.53 Å². The first-order valence-corrected chi connectivity index (χ1v) is 8.50. The highest BCUT2D eigenvalue weighted by Crippen LogP contribution is 2.27. The van der Waals surface area contributed by atoms with Gasteiger partial charge in [0.05, 0.1) is 11.4 Å². The van der Waals surface area contributed by atoms with E-state index in [1.807, 2.05) is 40.0 Å². The van der Waals surface area contributed by atoms with Gasteiger partial charge in [0.2, 0.25) is 0 Å². The van der Waals surface area contributed by atoms with Crippen LogP contribution in [0.2, 0.25) is 0 Å². The van der Waals surface area contributed by atoms with Crippen molar-refractivity contribution in [3.63, 3.8) is 0 Å². The lowest BCUT2D eigenvalue weighted by atomic mass is 9.84. The van der Waals surface area contributed by atoms with Crippen LogP contribution < -0.4 is 10.6 Å². The van der Waals surface area contributed by atoms with Gasteiger partial charge < -0.3 is 15.4 Å². The molecule has 0 aromatic carbocycles. The van der Waals surface area contributed by atoms with Crippen molar-refractivity contribution in [3.05, 3.63) is 24.0 Å². The quantitative estimate of drug-likeness (QED) is 0.884. The van der Waals surface area contributed by atoms with E-state index in [-0.39, 0.29) is 6.09 Å². The summed E-state index contributed by atoms with van der Waals surface area (Å²) < 4.78 is 5.32. The normalized spacial score (nSPS) is 21.6. The van der Waals surface area contributed by atoms with Crippen LogP contribution in [0.25, 0.3) is 0 Å². The highest BCUT2D eigenvalue weighted by Gasteiger charge is 2.26. The molecule has 1 aromatic rings. The summed E-state index contributed by atoms with van der Waals surface area (Å²) >= 11 is 0. The molecule has 1 fully saturated rings. The Balaban J connectivity index is 1.91. The highest BCUT2D eigenvalue weighted by atomic mass is 16.6. The molecule has 5 heteroatoms. The van der Waals surface area contributed by atoms with Crippen LogP contribution >= 0.6 is 0 Å². The minimum Gasteiger partial charge on any atom is -0.444 e. The number of aryl methyl sites for hydroxylation is 1. The predicted octanol–water partition coefficient (Wildman–Crippen LogP) is 3.89. The maximum absolute atomic E-state index is 11.9. The van der Waals surface area contributed by atoms with E-state index in [1.165, 1.54) is 12.8 Å². The van der Waals surface area contributed by atoms with E-state index in [0.29, 0.717) is 18.5 Å². The molecule has 2 rings (SSSR count). The predicted molar refractivity (Wildman–Crippen MR) is 92.6 cm³/mol. The number of rotatable bonds is 4. The maximum atomic E-state index is 11.9. The summed E-state index contributed by atoms with van der Waals surface area (Å²) in [4.78, 5) is 16.2. The number of aromatic nitrogens is 1. The molecule has 0 bridgehead atoms. The molecule has 128 valence electrons. The Morgan fingerprint density at radius 2 is 2.09 bits per heavy atom. The summed E-state index contributed by atoms with van der Waals surface area (Å²) in [5.74, 6) is 0.413. The number of ether oxygens (including phenoxy) is 1. The molecule has 1 heterocycles. The molecular weight excluding hydrogens is 290 g/mol. The zero-order chi connectivity index (χ0) is 16.9. The molecule has 0 saturated heterocycles. The van der Waals surface area contributed by atoms with Gasteiger partial charge in [-0.3, -0.25) is 4.98 Å². The molecule has 2 N–H and O–H groups in total. The number of hydrogen-bond acceptors (Lipinski definition) is 4. The minimum atomic E-state index is -0.457. The van der Waals surface area contributed by atoms with Gasteiger partial charge in [0, 0.05) is 18.8 Å². The standard InChI is InChI=1S/C18H29N3O2/c1-13-15(10-7-11-19-13)21-16-9-6-5-8-14(16)12-20-17(22)23-18(2,3)4/h7,10-11,14,16,21H,5-6,8-9,12H2,1-4H3,(H,20,22). The molecule has 1 aromatic heterocycles. The zero-order valence-corrected chi connectivity index (χ0v) is 14.7. The fourth-order valence-electron chi connectivity index (χ4n) is 3.01. The van der Waals surface area contributed by atoms with Gasteiger partial charge in [0.15, 0.2) is 0 Å². The maximum Gasteiger partial charge on any atom is 0.407 e. The highest BCUT2D eigenvalue weighted by molar-refractivity contribution is 5.67. The first kappa shape index (κ1) is 17.6. The topological polar surface area (TPSA) is 63.2 Å². The van der Waals surface area contributed by atoms with Gasteiger partial charge in [-0.2, -0.15) is 0 Å². The van der Waals surface area contributed by atoms with Crippen molar-refractivity contribution in [2.75, 3.05) is 11.9 Å². The van der Waals surface area contributed by atoms with E-state index in [4.69, 9.17) is 4.74 Å². The number of carbonyl (C=O) groups excluding carboxylic acids is 1. The van der Waals surface area contributed by atoms with Crippen molar-refractivity contribution in [2.45, 2.75) is 65.0 Å². The van der Waals surface area contributed by atoms with Gasteiger partial charge in [-0.05, 0) is 58.6 Å². The lowest BCUT2D eigenvalue weighted by molar-refractivity contribution is 0.0514. The summed E-state index contributed by atoms with van der Waals surface area (Å²) in [7, 11) is 0.